The van der Waals surface area contributed by atoms with Crippen molar-refractivity contribution in [1.29, 1.82) is 0 Å². The first-order valence-corrected chi connectivity index (χ1v) is 13.2. The Balaban J connectivity index is 1.28. The lowest BCUT2D eigenvalue weighted by atomic mass is 9.83. The van der Waals surface area contributed by atoms with E-state index in [1.54, 1.807) is 12.3 Å². The summed E-state index contributed by atoms with van der Waals surface area (Å²) in [6.45, 7) is 6.21. The summed E-state index contributed by atoms with van der Waals surface area (Å²) in [4.78, 5) is 27.2. The molecular weight excluding hydrogens is 510 g/mol. The van der Waals surface area contributed by atoms with Gasteiger partial charge in [-0.15, -0.1) is 11.6 Å². The summed E-state index contributed by atoms with van der Waals surface area (Å²) in [5.41, 5.74) is 5.53. The number of nitrogens with one attached hydrogen (secondary N) is 2. The summed E-state index contributed by atoms with van der Waals surface area (Å²) in [6, 6.07) is 11.4. The number of fused-ring (bicyclic) bond motifs is 4. The number of carbonyl (C=O) groups excluding carboxylic acids is 1. The molecule has 1 amide bonds. The van der Waals surface area contributed by atoms with Crippen LogP contribution in [0.5, 0.6) is 5.75 Å². The number of carbonyl (C=O) groups is 1. The van der Waals surface area contributed by atoms with Crippen molar-refractivity contribution in [3.8, 4) is 5.75 Å². The SMILES string of the molecule is CCOc1ccc(/C=N/NC(=O)c2nonc2NCCCl)cc1CN1CC2CC(C1)c1cccc(=O)n1C2. The topological polar surface area (TPSA) is 127 Å². The Morgan fingerprint density at radius 3 is 3.00 bits per heavy atom. The fourth-order valence-electron chi connectivity index (χ4n) is 5.30. The smallest absolute Gasteiger partial charge is 0.297 e. The number of halogens is 1. The number of amides is 1. The summed E-state index contributed by atoms with van der Waals surface area (Å²) >= 11 is 5.67. The fourth-order valence-corrected chi connectivity index (χ4v) is 5.40. The molecule has 1 saturated heterocycles. The van der Waals surface area contributed by atoms with Crippen molar-refractivity contribution in [3.05, 3.63) is 69.3 Å². The second-order valence-corrected chi connectivity index (χ2v) is 9.85. The molecule has 3 aromatic rings. The van der Waals surface area contributed by atoms with E-state index in [4.69, 9.17) is 16.3 Å². The lowest BCUT2D eigenvalue weighted by Gasteiger charge is -2.43. The van der Waals surface area contributed by atoms with E-state index in [1.165, 1.54) is 0 Å². The van der Waals surface area contributed by atoms with Crippen LogP contribution < -0.4 is 21.0 Å². The molecule has 4 heterocycles. The summed E-state index contributed by atoms with van der Waals surface area (Å²) in [7, 11) is 0. The summed E-state index contributed by atoms with van der Waals surface area (Å²) in [6.07, 6.45) is 2.68. The van der Waals surface area contributed by atoms with E-state index in [-0.39, 0.29) is 17.1 Å². The number of aromatic nitrogens is 3. The van der Waals surface area contributed by atoms with Crippen LogP contribution in [-0.4, -0.2) is 64.0 Å². The first kappa shape index (κ1) is 25.9. The molecule has 200 valence electrons. The minimum absolute atomic E-state index is 0.000803. The van der Waals surface area contributed by atoms with Crippen LogP contribution in [0.25, 0.3) is 0 Å². The predicted octanol–water partition coefficient (Wildman–Crippen LogP) is 2.66. The molecule has 2 unspecified atom stereocenters. The van der Waals surface area contributed by atoms with E-state index in [9.17, 15) is 9.59 Å². The Kier molecular flexibility index (Phi) is 8.04. The molecule has 11 nitrogen and oxygen atoms in total. The van der Waals surface area contributed by atoms with Gasteiger partial charge in [0.05, 0.1) is 12.8 Å². The maximum Gasteiger partial charge on any atom is 0.297 e. The lowest BCUT2D eigenvalue weighted by molar-refractivity contribution is 0.0946. The molecule has 2 N–H and O–H groups in total. The highest BCUT2D eigenvalue weighted by Gasteiger charge is 2.34. The number of hydrazone groups is 1. The minimum Gasteiger partial charge on any atom is -0.494 e. The zero-order valence-corrected chi connectivity index (χ0v) is 21.9. The van der Waals surface area contributed by atoms with Gasteiger partial charge in [0.1, 0.15) is 5.75 Å². The molecule has 1 fully saturated rings. The van der Waals surface area contributed by atoms with Crippen LogP contribution >= 0.6 is 11.6 Å². The third-order valence-electron chi connectivity index (χ3n) is 6.80. The highest BCUT2D eigenvalue weighted by atomic mass is 35.5. The molecule has 38 heavy (non-hydrogen) atoms. The van der Waals surface area contributed by atoms with Crippen LogP contribution in [0.1, 0.15) is 46.6 Å². The van der Waals surface area contributed by atoms with Crippen molar-refractivity contribution in [2.45, 2.75) is 32.4 Å². The molecule has 0 aliphatic carbocycles. The van der Waals surface area contributed by atoms with Crippen molar-refractivity contribution in [2.24, 2.45) is 11.0 Å². The molecule has 2 aliphatic heterocycles. The van der Waals surface area contributed by atoms with Crippen LogP contribution in [0, 0.1) is 5.92 Å². The molecule has 1 aromatic carbocycles. The van der Waals surface area contributed by atoms with Gasteiger partial charge in [-0.05, 0) is 59.4 Å². The molecule has 2 aliphatic rings. The summed E-state index contributed by atoms with van der Waals surface area (Å²) in [5, 5.41) is 14.3. The van der Waals surface area contributed by atoms with Gasteiger partial charge in [0, 0.05) is 61.8 Å². The number of pyridine rings is 1. The zero-order chi connectivity index (χ0) is 26.5. The van der Waals surface area contributed by atoms with E-state index >= 15 is 0 Å². The van der Waals surface area contributed by atoms with Gasteiger partial charge in [0.2, 0.25) is 11.5 Å². The largest absolute Gasteiger partial charge is 0.494 e. The van der Waals surface area contributed by atoms with Gasteiger partial charge in [-0.25, -0.2) is 10.1 Å². The van der Waals surface area contributed by atoms with Crippen LogP contribution in [0.3, 0.4) is 0 Å². The molecule has 5 rings (SSSR count). The van der Waals surface area contributed by atoms with E-state index in [0.717, 1.165) is 48.6 Å². The average molecular weight is 540 g/mol. The Labute approximate surface area is 224 Å². The van der Waals surface area contributed by atoms with Crippen molar-refractivity contribution in [1.82, 2.24) is 25.2 Å². The van der Waals surface area contributed by atoms with Crippen molar-refractivity contribution in [2.75, 3.05) is 37.4 Å². The van der Waals surface area contributed by atoms with Crippen LogP contribution in [0.15, 0.2) is 50.9 Å². The number of likely N-dealkylation sites (tertiary alicyclic amines) is 1. The number of anilines is 1. The van der Waals surface area contributed by atoms with Crippen LogP contribution in [-0.2, 0) is 13.1 Å². The number of alkyl halides is 1. The third-order valence-corrected chi connectivity index (χ3v) is 6.99. The van der Waals surface area contributed by atoms with Crippen LogP contribution in [0.2, 0.25) is 0 Å². The van der Waals surface area contributed by atoms with Crippen molar-refractivity contribution >= 4 is 29.5 Å². The van der Waals surface area contributed by atoms with Crippen molar-refractivity contribution < 1.29 is 14.2 Å². The number of hydrogen-bond acceptors (Lipinski definition) is 9. The molecule has 2 atom stereocenters. The number of hydrogen-bond donors (Lipinski definition) is 2. The molecule has 12 heteroatoms. The first-order chi connectivity index (χ1) is 18.6. The molecule has 2 aromatic heterocycles. The predicted molar refractivity (Wildman–Crippen MR) is 143 cm³/mol. The summed E-state index contributed by atoms with van der Waals surface area (Å²) < 4.78 is 12.5. The number of benzene rings is 1. The normalized spacial score (nSPS) is 18.8. The third kappa shape index (κ3) is 5.73. The Bertz CT molecular complexity index is 1370. The van der Waals surface area contributed by atoms with E-state index in [0.29, 0.717) is 37.4 Å². The standard InChI is InChI=1S/C26H30ClN7O4/c1-2-37-22-7-6-17(12-29-30-26(36)24-25(28-9-8-27)32-38-31-24)10-20(22)16-33-13-18-11-19(15-33)21-4-3-5-23(35)34(21)14-18/h3-7,10,12,18-19H,2,8-9,11,13-16H2,1H3,(H,28,32)(H,30,36)/b29-12+. The number of rotatable bonds is 10. The second-order valence-electron chi connectivity index (χ2n) is 9.47. The lowest BCUT2D eigenvalue weighted by Crippen LogP contribution is -2.46. The van der Waals surface area contributed by atoms with E-state index in [2.05, 4.69) is 41.8 Å². The number of nitrogens with zero attached hydrogens (tertiary/aromatic N) is 5. The maximum absolute atomic E-state index is 12.4. The maximum atomic E-state index is 12.4. The monoisotopic (exact) mass is 539 g/mol. The fraction of sp³-hybridized carbons (Fsp3) is 0.423. The zero-order valence-electron chi connectivity index (χ0n) is 21.1. The Hall–Kier alpha value is -3.70. The van der Waals surface area contributed by atoms with E-state index in [1.807, 2.05) is 35.8 Å². The van der Waals surface area contributed by atoms with Crippen molar-refractivity contribution in [3.63, 3.8) is 0 Å². The summed E-state index contributed by atoms with van der Waals surface area (Å²) in [5.74, 6) is 1.60. The van der Waals surface area contributed by atoms with Gasteiger partial charge in [0.15, 0.2) is 0 Å². The molecule has 0 saturated carbocycles. The van der Waals surface area contributed by atoms with Gasteiger partial charge in [-0.3, -0.25) is 14.5 Å². The van der Waals surface area contributed by atoms with Gasteiger partial charge >= 0.3 is 0 Å². The van der Waals surface area contributed by atoms with Gasteiger partial charge < -0.3 is 14.6 Å². The number of ether oxygens (including phenoxy) is 1. The molecule has 0 spiro atoms. The molecule has 0 radical (unpaired) electrons. The Morgan fingerprint density at radius 1 is 1.26 bits per heavy atom. The average Bonchev–Trinajstić information content (AvgIpc) is 3.38. The first-order valence-electron chi connectivity index (χ1n) is 12.7. The highest BCUT2D eigenvalue weighted by Crippen LogP contribution is 2.36. The quantitative estimate of drug-likeness (QED) is 0.229. The Morgan fingerprint density at radius 2 is 2.16 bits per heavy atom. The minimum atomic E-state index is -0.551. The van der Waals surface area contributed by atoms with Crippen LogP contribution in [0.4, 0.5) is 5.82 Å². The second kappa shape index (κ2) is 11.8. The number of piperidine rings is 1. The van der Waals surface area contributed by atoms with E-state index < -0.39 is 5.91 Å². The highest BCUT2D eigenvalue weighted by molar-refractivity contribution is 6.18. The van der Waals surface area contributed by atoms with Gasteiger partial charge in [-0.1, -0.05) is 6.07 Å². The molecular formula is C26H30ClN7O4. The molecule has 2 bridgehead atoms. The van der Waals surface area contributed by atoms with Gasteiger partial charge in [0.25, 0.3) is 11.5 Å². The van der Waals surface area contributed by atoms with Gasteiger partial charge in [-0.2, -0.15) is 5.10 Å².